The van der Waals surface area contributed by atoms with E-state index >= 15 is 0 Å². The average Bonchev–Trinajstić information content (AvgIpc) is 2.83. The number of ether oxygens (including phenoxy) is 1. The second kappa shape index (κ2) is 5.21. The van der Waals surface area contributed by atoms with Crippen molar-refractivity contribution in [3.63, 3.8) is 0 Å². The van der Waals surface area contributed by atoms with Crippen LogP contribution >= 0.6 is 0 Å². The minimum atomic E-state index is -0.421. The first-order valence-corrected chi connectivity index (χ1v) is 6.24. The minimum absolute atomic E-state index is 0.253. The van der Waals surface area contributed by atoms with E-state index in [1.54, 1.807) is 0 Å². The molecule has 0 unspecified atom stereocenters. The Hall–Kier alpha value is -2.56. The lowest BCUT2D eigenvalue weighted by Gasteiger charge is -2.03. The number of hydrogen-bond donors (Lipinski definition) is 1. The van der Waals surface area contributed by atoms with Gasteiger partial charge in [-0.1, -0.05) is 18.2 Å². The van der Waals surface area contributed by atoms with Crippen molar-refractivity contribution in [2.24, 2.45) is 0 Å². The Bertz CT molecular complexity index is 725. The molecule has 0 spiro atoms. The van der Waals surface area contributed by atoms with Crippen LogP contribution in [0, 0.1) is 5.82 Å². The lowest BCUT2D eigenvalue weighted by atomic mass is 10.3. The third kappa shape index (κ3) is 2.56. The second-order valence-corrected chi connectivity index (χ2v) is 4.36. The van der Waals surface area contributed by atoms with E-state index in [0.717, 1.165) is 5.75 Å². The van der Waals surface area contributed by atoms with E-state index in [0.29, 0.717) is 30.0 Å². The topological polar surface area (TPSA) is 61.3 Å². The highest BCUT2D eigenvalue weighted by atomic mass is 19.1. The summed E-state index contributed by atoms with van der Waals surface area (Å²) >= 11 is 0. The molecular weight excluding hydrogens is 259 g/mol. The standard InChI is InChI=1S/C15H13FN2O2/c16-10-8-12(17)15-13(9-10)18-14(20-15)6-7-19-11-4-2-1-3-5-11/h1-5,8-9H,6-7,17H2. The Balaban J connectivity index is 1.70. The molecule has 0 amide bonds. The Morgan fingerprint density at radius 3 is 2.80 bits per heavy atom. The fourth-order valence-electron chi connectivity index (χ4n) is 1.95. The SMILES string of the molecule is Nc1cc(F)cc2nc(CCOc3ccccc3)oc12. The second-order valence-electron chi connectivity index (χ2n) is 4.36. The van der Waals surface area contributed by atoms with Crippen LogP contribution in [0.4, 0.5) is 10.1 Å². The van der Waals surface area contributed by atoms with Gasteiger partial charge in [0.05, 0.1) is 18.7 Å². The van der Waals surface area contributed by atoms with Crippen LogP contribution in [0.2, 0.25) is 0 Å². The molecule has 0 aliphatic heterocycles. The molecule has 0 fully saturated rings. The largest absolute Gasteiger partial charge is 0.493 e. The summed E-state index contributed by atoms with van der Waals surface area (Å²) in [6, 6.07) is 12.0. The highest BCUT2D eigenvalue weighted by Gasteiger charge is 2.10. The molecule has 102 valence electrons. The van der Waals surface area contributed by atoms with Gasteiger partial charge < -0.3 is 14.9 Å². The summed E-state index contributed by atoms with van der Waals surface area (Å²) in [6.07, 6.45) is 0.491. The first-order chi connectivity index (χ1) is 9.72. The van der Waals surface area contributed by atoms with Gasteiger partial charge in [0.2, 0.25) is 0 Å². The molecule has 4 nitrogen and oxygen atoms in total. The summed E-state index contributed by atoms with van der Waals surface area (Å²) in [4.78, 5) is 4.20. The van der Waals surface area contributed by atoms with Gasteiger partial charge in [-0.05, 0) is 12.1 Å². The van der Waals surface area contributed by atoms with Gasteiger partial charge in [0, 0.05) is 12.1 Å². The van der Waals surface area contributed by atoms with Crippen molar-refractivity contribution in [2.45, 2.75) is 6.42 Å². The molecule has 1 aromatic heterocycles. The number of benzene rings is 2. The summed E-state index contributed by atoms with van der Waals surface area (Å²) in [5.74, 6) is 0.845. The Morgan fingerprint density at radius 2 is 2.00 bits per heavy atom. The first kappa shape index (κ1) is 12.5. The number of aromatic nitrogens is 1. The van der Waals surface area contributed by atoms with Crippen LogP contribution in [0.5, 0.6) is 5.75 Å². The maximum Gasteiger partial charge on any atom is 0.199 e. The van der Waals surface area contributed by atoms with Crippen molar-refractivity contribution in [3.8, 4) is 5.75 Å². The number of nitrogens with two attached hydrogens (primary N) is 1. The fourth-order valence-corrected chi connectivity index (χ4v) is 1.95. The summed E-state index contributed by atoms with van der Waals surface area (Å²) in [7, 11) is 0. The average molecular weight is 272 g/mol. The highest BCUT2D eigenvalue weighted by Crippen LogP contribution is 2.23. The van der Waals surface area contributed by atoms with E-state index in [9.17, 15) is 4.39 Å². The van der Waals surface area contributed by atoms with Gasteiger partial charge in [-0.2, -0.15) is 0 Å². The van der Waals surface area contributed by atoms with Gasteiger partial charge in [0.25, 0.3) is 0 Å². The number of rotatable bonds is 4. The molecule has 2 N–H and O–H groups in total. The van der Waals surface area contributed by atoms with Crippen LogP contribution in [-0.4, -0.2) is 11.6 Å². The highest BCUT2D eigenvalue weighted by molar-refractivity contribution is 5.84. The number of fused-ring (bicyclic) bond motifs is 1. The molecule has 2 aromatic carbocycles. The summed E-state index contributed by atoms with van der Waals surface area (Å²) < 4.78 is 24.3. The van der Waals surface area contributed by atoms with Crippen LogP contribution in [0.1, 0.15) is 5.89 Å². The van der Waals surface area contributed by atoms with Gasteiger partial charge in [-0.3, -0.25) is 0 Å². The molecule has 0 aliphatic rings. The first-order valence-electron chi connectivity index (χ1n) is 6.24. The van der Waals surface area contributed by atoms with Crippen molar-refractivity contribution in [1.82, 2.24) is 4.98 Å². The minimum Gasteiger partial charge on any atom is -0.493 e. The van der Waals surface area contributed by atoms with Crippen molar-refractivity contribution in [2.75, 3.05) is 12.3 Å². The smallest absolute Gasteiger partial charge is 0.199 e. The number of nitrogen functional groups attached to an aromatic ring is 1. The van der Waals surface area contributed by atoms with E-state index in [1.165, 1.54) is 12.1 Å². The zero-order valence-corrected chi connectivity index (χ0v) is 10.7. The van der Waals surface area contributed by atoms with Crippen LogP contribution < -0.4 is 10.5 Å². The van der Waals surface area contributed by atoms with Crippen molar-refractivity contribution < 1.29 is 13.5 Å². The number of nitrogens with zero attached hydrogens (tertiary/aromatic N) is 1. The Kier molecular flexibility index (Phi) is 3.25. The van der Waals surface area contributed by atoms with Crippen LogP contribution in [0.3, 0.4) is 0 Å². The van der Waals surface area contributed by atoms with E-state index in [4.69, 9.17) is 14.9 Å². The van der Waals surface area contributed by atoms with Crippen molar-refractivity contribution in [3.05, 3.63) is 54.2 Å². The molecule has 3 rings (SSSR count). The summed E-state index contributed by atoms with van der Waals surface area (Å²) in [6.45, 7) is 0.430. The molecule has 0 aliphatic carbocycles. The molecular formula is C15H13FN2O2. The third-order valence-electron chi connectivity index (χ3n) is 2.86. The number of para-hydroxylation sites is 1. The van der Waals surface area contributed by atoms with E-state index < -0.39 is 5.82 Å². The zero-order chi connectivity index (χ0) is 13.9. The molecule has 20 heavy (non-hydrogen) atoms. The van der Waals surface area contributed by atoms with Crippen LogP contribution in [-0.2, 0) is 6.42 Å². The molecule has 0 bridgehead atoms. The monoisotopic (exact) mass is 272 g/mol. The van der Waals surface area contributed by atoms with Crippen molar-refractivity contribution >= 4 is 16.8 Å². The molecule has 3 aromatic rings. The molecule has 0 atom stereocenters. The zero-order valence-electron chi connectivity index (χ0n) is 10.7. The molecule has 0 radical (unpaired) electrons. The van der Waals surface area contributed by atoms with Crippen LogP contribution in [0.25, 0.3) is 11.1 Å². The Morgan fingerprint density at radius 1 is 1.20 bits per heavy atom. The molecule has 1 heterocycles. The van der Waals surface area contributed by atoms with E-state index in [2.05, 4.69) is 4.98 Å². The number of oxazole rings is 1. The summed E-state index contributed by atoms with van der Waals surface area (Å²) in [5, 5.41) is 0. The van der Waals surface area contributed by atoms with Crippen molar-refractivity contribution in [1.29, 1.82) is 0 Å². The number of halogens is 1. The lowest BCUT2D eigenvalue weighted by molar-refractivity contribution is 0.308. The van der Waals surface area contributed by atoms with Gasteiger partial charge >= 0.3 is 0 Å². The quantitative estimate of drug-likeness (QED) is 0.741. The van der Waals surface area contributed by atoms with E-state index in [1.807, 2.05) is 30.3 Å². The predicted octanol–water partition coefficient (Wildman–Crippen LogP) is 3.17. The summed E-state index contributed by atoms with van der Waals surface area (Å²) in [5.41, 5.74) is 6.78. The Labute approximate surface area is 115 Å². The van der Waals surface area contributed by atoms with Gasteiger partial charge in [0.15, 0.2) is 11.5 Å². The molecule has 0 saturated heterocycles. The third-order valence-corrected chi connectivity index (χ3v) is 2.86. The maximum atomic E-state index is 13.2. The van der Waals surface area contributed by atoms with Crippen LogP contribution in [0.15, 0.2) is 46.9 Å². The molecule has 0 saturated carbocycles. The van der Waals surface area contributed by atoms with Gasteiger partial charge in [0.1, 0.15) is 17.1 Å². The normalized spacial score (nSPS) is 10.8. The molecule has 5 heteroatoms. The van der Waals surface area contributed by atoms with E-state index in [-0.39, 0.29) is 5.69 Å². The predicted molar refractivity (Wildman–Crippen MR) is 74.0 cm³/mol. The number of anilines is 1. The van der Waals surface area contributed by atoms with Gasteiger partial charge in [-0.25, -0.2) is 9.37 Å². The van der Waals surface area contributed by atoms with Gasteiger partial charge in [-0.15, -0.1) is 0 Å². The fraction of sp³-hybridized carbons (Fsp3) is 0.133. The maximum absolute atomic E-state index is 13.2. The number of hydrogen-bond acceptors (Lipinski definition) is 4. The lowest BCUT2D eigenvalue weighted by Crippen LogP contribution is -2.01.